The molecule has 0 fully saturated rings. The number of esters is 1. The zero-order valence-electron chi connectivity index (χ0n) is 13.0. The zero-order chi connectivity index (χ0) is 17.4. The van der Waals surface area contributed by atoms with Crippen LogP contribution in [-0.4, -0.2) is 31.5 Å². The molecule has 6 heteroatoms. The number of carbonyl (C=O) groups is 2. The molecule has 2 aromatic rings. The number of ketones is 1. The first-order valence-electron chi connectivity index (χ1n) is 7.16. The van der Waals surface area contributed by atoms with Crippen molar-refractivity contribution in [2.75, 3.05) is 13.7 Å². The van der Waals surface area contributed by atoms with Gasteiger partial charge in [-0.1, -0.05) is 0 Å². The molecule has 0 saturated carbocycles. The highest BCUT2D eigenvalue weighted by Gasteiger charge is 2.09. The van der Waals surface area contributed by atoms with E-state index in [4.69, 9.17) is 4.74 Å². The third-order valence-electron chi connectivity index (χ3n) is 3.22. The van der Waals surface area contributed by atoms with Gasteiger partial charge in [-0.15, -0.1) is 0 Å². The highest BCUT2D eigenvalue weighted by Crippen LogP contribution is 2.18. The Labute approximate surface area is 138 Å². The summed E-state index contributed by atoms with van der Waals surface area (Å²) in [5.41, 5.74) is 1.43. The molecule has 0 amide bonds. The number of rotatable bonds is 7. The van der Waals surface area contributed by atoms with Gasteiger partial charge in [0, 0.05) is 11.1 Å². The van der Waals surface area contributed by atoms with E-state index in [1.165, 1.54) is 13.2 Å². The second kappa shape index (κ2) is 8.41. The van der Waals surface area contributed by atoms with Gasteiger partial charge in [0.05, 0.1) is 25.8 Å². The van der Waals surface area contributed by atoms with Crippen molar-refractivity contribution in [2.24, 2.45) is 4.99 Å². The molecule has 0 aliphatic rings. The maximum atomic E-state index is 12.4. The maximum Gasteiger partial charge on any atom is 0.308 e. The lowest BCUT2D eigenvalue weighted by molar-refractivity contribution is -0.141. The van der Waals surface area contributed by atoms with E-state index in [1.807, 2.05) is 0 Å². The highest BCUT2D eigenvalue weighted by molar-refractivity contribution is 6.09. The first-order valence-corrected chi connectivity index (χ1v) is 7.16. The van der Waals surface area contributed by atoms with E-state index in [0.717, 1.165) is 0 Å². The first kappa shape index (κ1) is 17.1. The molecule has 0 heterocycles. The van der Waals surface area contributed by atoms with E-state index in [-0.39, 0.29) is 24.8 Å². The number of hydrogen-bond donors (Lipinski definition) is 0. The van der Waals surface area contributed by atoms with Crippen LogP contribution in [0.2, 0.25) is 0 Å². The van der Waals surface area contributed by atoms with Gasteiger partial charge in [0.25, 0.3) is 0 Å². The number of isocyanates is 1. The SMILES string of the molecule is COC(=O)CCOc1ccc(C(=O)c2ccc(N=C=O)cc2)cc1. The topological polar surface area (TPSA) is 82.0 Å². The van der Waals surface area contributed by atoms with E-state index < -0.39 is 0 Å². The molecule has 24 heavy (non-hydrogen) atoms. The minimum atomic E-state index is -0.343. The summed E-state index contributed by atoms with van der Waals surface area (Å²) in [7, 11) is 1.32. The maximum absolute atomic E-state index is 12.4. The van der Waals surface area contributed by atoms with E-state index >= 15 is 0 Å². The van der Waals surface area contributed by atoms with Crippen LogP contribution in [0.1, 0.15) is 22.3 Å². The van der Waals surface area contributed by atoms with Gasteiger partial charge in [-0.2, -0.15) is 4.99 Å². The van der Waals surface area contributed by atoms with Gasteiger partial charge in [0.15, 0.2) is 5.78 Å². The molecular formula is C18H15NO5. The molecule has 122 valence electrons. The van der Waals surface area contributed by atoms with Crippen molar-refractivity contribution in [3.05, 3.63) is 59.7 Å². The monoisotopic (exact) mass is 325 g/mol. The minimum absolute atomic E-state index is 0.155. The third kappa shape index (κ3) is 4.63. The van der Waals surface area contributed by atoms with Crippen LogP contribution in [0.5, 0.6) is 5.75 Å². The second-order valence-corrected chi connectivity index (χ2v) is 4.78. The normalized spacial score (nSPS) is 9.71. The van der Waals surface area contributed by atoms with E-state index in [9.17, 15) is 14.4 Å². The van der Waals surface area contributed by atoms with E-state index in [2.05, 4.69) is 9.73 Å². The van der Waals surface area contributed by atoms with Crippen LogP contribution < -0.4 is 4.74 Å². The molecule has 0 spiro atoms. The molecule has 2 aromatic carbocycles. The Morgan fingerprint density at radius 3 is 2.12 bits per heavy atom. The fourth-order valence-electron chi connectivity index (χ4n) is 1.96. The second-order valence-electron chi connectivity index (χ2n) is 4.78. The van der Waals surface area contributed by atoms with Crippen LogP contribution in [0.25, 0.3) is 0 Å². The van der Waals surface area contributed by atoms with Crippen LogP contribution in [-0.2, 0) is 14.3 Å². The molecule has 0 atom stereocenters. The minimum Gasteiger partial charge on any atom is -0.493 e. The average molecular weight is 325 g/mol. The predicted octanol–water partition coefficient (Wildman–Crippen LogP) is 2.83. The van der Waals surface area contributed by atoms with Crippen molar-refractivity contribution in [3.63, 3.8) is 0 Å². The molecule has 0 bridgehead atoms. The van der Waals surface area contributed by atoms with Gasteiger partial charge < -0.3 is 9.47 Å². The van der Waals surface area contributed by atoms with E-state index in [0.29, 0.717) is 22.6 Å². The first-order chi connectivity index (χ1) is 11.6. The Balaban J connectivity index is 2.00. The van der Waals surface area contributed by atoms with E-state index in [1.54, 1.807) is 48.5 Å². The van der Waals surface area contributed by atoms with Crippen molar-refractivity contribution in [1.29, 1.82) is 0 Å². The summed E-state index contributed by atoms with van der Waals surface area (Å²) in [6.07, 6.45) is 1.60. The predicted molar refractivity (Wildman–Crippen MR) is 86.2 cm³/mol. The molecule has 0 radical (unpaired) electrons. The number of aliphatic imine (C=N–C) groups is 1. The van der Waals surface area contributed by atoms with Gasteiger partial charge in [0.1, 0.15) is 5.75 Å². The summed E-state index contributed by atoms with van der Waals surface area (Å²) in [4.78, 5) is 37.0. The summed E-state index contributed by atoms with van der Waals surface area (Å²) in [6, 6.07) is 13.0. The van der Waals surface area contributed by atoms with Crippen LogP contribution in [0.3, 0.4) is 0 Å². The lowest BCUT2D eigenvalue weighted by Crippen LogP contribution is -2.07. The van der Waals surface area contributed by atoms with Gasteiger partial charge in [0.2, 0.25) is 6.08 Å². The lowest BCUT2D eigenvalue weighted by Gasteiger charge is -2.06. The molecule has 0 unspecified atom stereocenters. The standard InChI is InChI=1S/C18H15NO5/c1-23-17(21)10-11-24-16-8-4-14(5-9-16)18(22)13-2-6-15(7-3-13)19-12-20/h2-9H,10-11H2,1H3. The van der Waals surface area contributed by atoms with Crippen molar-refractivity contribution in [3.8, 4) is 5.75 Å². The quantitative estimate of drug-likeness (QED) is 0.338. The largest absolute Gasteiger partial charge is 0.493 e. The smallest absolute Gasteiger partial charge is 0.308 e. The van der Waals surface area contributed by atoms with Crippen LogP contribution >= 0.6 is 0 Å². The van der Waals surface area contributed by atoms with Crippen LogP contribution in [0.15, 0.2) is 53.5 Å². The number of nitrogens with zero attached hydrogens (tertiary/aromatic N) is 1. The highest BCUT2D eigenvalue weighted by atomic mass is 16.5. The number of ether oxygens (including phenoxy) is 2. The summed E-state index contributed by atoms with van der Waals surface area (Å²) in [5.74, 6) is 0.0630. The molecule has 0 aromatic heterocycles. The fraction of sp³-hybridized carbons (Fsp3) is 0.167. The summed E-state index contributed by atoms with van der Waals surface area (Å²) < 4.78 is 9.92. The number of benzene rings is 2. The average Bonchev–Trinajstić information content (AvgIpc) is 2.62. The Morgan fingerprint density at radius 1 is 1.00 bits per heavy atom. The van der Waals surface area contributed by atoms with Gasteiger partial charge in [-0.25, -0.2) is 4.79 Å². The summed E-state index contributed by atoms with van der Waals surface area (Å²) in [5, 5.41) is 0. The Kier molecular flexibility index (Phi) is 6.00. The summed E-state index contributed by atoms with van der Waals surface area (Å²) in [6.45, 7) is 0.207. The molecular weight excluding hydrogens is 310 g/mol. The zero-order valence-corrected chi connectivity index (χ0v) is 13.0. The molecule has 0 saturated heterocycles. The molecule has 2 rings (SSSR count). The van der Waals surface area contributed by atoms with Crippen molar-refractivity contribution in [1.82, 2.24) is 0 Å². The van der Waals surface area contributed by atoms with Gasteiger partial charge in [-0.3, -0.25) is 9.59 Å². The fourth-order valence-corrected chi connectivity index (χ4v) is 1.96. The van der Waals surface area contributed by atoms with Gasteiger partial charge in [-0.05, 0) is 48.5 Å². The van der Waals surface area contributed by atoms with Crippen LogP contribution in [0.4, 0.5) is 5.69 Å². The number of hydrogen-bond acceptors (Lipinski definition) is 6. The molecule has 0 aliphatic heterocycles. The van der Waals surface area contributed by atoms with Gasteiger partial charge >= 0.3 is 5.97 Å². The number of carbonyl (C=O) groups excluding carboxylic acids is 3. The molecule has 0 aliphatic carbocycles. The Hall–Kier alpha value is -3.24. The molecule has 6 nitrogen and oxygen atoms in total. The summed E-state index contributed by atoms with van der Waals surface area (Å²) >= 11 is 0. The molecule has 0 N–H and O–H groups in total. The van der Waals surface area contributed by atoms with Crippen LogP contribution in [0, 0.1) is 0 Å². The van der Waals surface area contributed by atoms with Crippen molar-refractivity contribution >= 4 is 23.5 Å². The lowest BCUT2D eigenvalue weighted by atomic mass is 10.0. The van der Waals surface area contributed by atoms with Crippen molar-refractivity contribution < 1.29 is 23.9 Å². The van der Waals surface area contributed by atoms with Crippen molar-refractivity contribution in [2.45, 2.75) is 6.42 Å². The number of methoxy groups -OCH3 is 1. The Bertz CT molecular complexity index is 759. The Morgan fingerprint density at radius 2 is 1.58 bits per heavy atom. The third-order valence-corrected chi connectivity index (χ3v) is 3.22.